The van der Waals surface area contributed by atoms with Gasteiger partial charge >= 0.3 is 5.97 Å². The first-order valence-corrected chi connectivity index (χ1v) is 6.06. The predicted molar refractivity (Wildman–Crippen MR) is 66.7 cm³/mol. The molecule has 1 amide bonds. The molecule has 0 saturated carbocycles. The lowest BCUT2D eigenvalue weighted by Gasteiger charge is -2.20. The molecule has 1 saturated heterocycles. The van der Waals surface area contributed by atoms with Crippen LogP contribution >= 0.6 is 11.6 Å². The maximum absolute atomic E-state index is 12.2. The first-order valence-electron chi connectivity index (χ1n) is 5.68. The molecule has 1 aromatic heterocycles. The minimum absolute atomic E-state index is 0.172. The van der Waals surface area contributed by atoms with E-state index in [0.29, 0.717) is 23.7 Å². The van der Waals surface area contributed by atoms with Crippen molar-refractivity contribution in [2.24, 2.45) is 12.5 Å². The Balaban J connectivity index is 2.18. The fraction of sp³-hybridized carbons (Fsp3) is 0.500. The number of aromatic nitrogens is 1. The third-order valence-corrected chi connectivity index (χ3v) is 3.67. The van der Waals surface area contributed by atoms with E-state index in [1.807, 2.05) is 0 Å². The van der Waals surface area contributed by atoms with E-state index < -0.39 is 11.4 Å². The summed E-state index contributed by atoms with van der Waals surface area (Å²) in [7, 11) is 1.74. The Morgan fingerprint density at radius 1 is 1.50 bits per heavy atom. The highest BCUT2D eigenvalue weighted by Gasteiger charge is 2.42. The van der Waals surface area contributed by atoms with Gasteiger partial charge in [0.05, 0.1) is 10.4 Å². The number of aryl methyl sites for hydroxylation is 1. The third kappa shape index (κ3) is 2.10. The van der Waals surface area contributed by atoms with Crippen LogP contribution in [0.25, 0.3) is 0 Å². The van der Waals surface area contributed by atoms with Gasteiger partial charge in [0.1, 0.15) is 5.69 Å². The number of amides is 1. The standard InChI is InChI=1S/C12H15ClN2O3/c1-12(11(17)18)3-4-15(7-12)10(16)9-5-8(13)6-14(9)2/h5-6H,3-4,7H2,1-2H3,(H,17,18)/t12-/m0/s1. The number of nitrogens with zero attached hydrogens (tertiary/aromatic N) is 2. The highest BCUT2D eigenvalue weighted by molar-refractivity contribution is 6.31. The number of hydrogen-bond donors (Lipinski definition) is 1. The van der Waals surface area contributed by atoms with E-state index in [0.717, 1.165) is 0 Å². The molecule has 1 atom stereocenters. The minimum atomic E-state index is -0.859. The molecule has 1 fully saturated rings. The number of aliphatic carboxylic acids is 1. The van der Waals surface area contributed by atoms with Crippen molar-refractivity contribution in [1.82, 2.24) is 9.47 Å². The van der Waals surface area contributed by atoms with Crippen LogP contribution < -0.4 is 0 Å². The molecule has 2 heterocycles. The maximum Gasteiger partial charge on any atom is 0.311 e. The van der Waals surface area contributed by atoms with Crippen molar-refractivity contribution in [3.05, 3.63) is 23.0 Å². The molecular formula is C12H15ClN2O3. The van der Waals surface area contributed by atoms with Gasteiger partial charge < -0.3 is 14.6 Å². The van der Waals surface area contributed by atoms with Crippen LogP contribution in [0.4, 0.5) is 0 Å². The van der Waals surface area contributed by atoms with E-state index in [9.17, 15) is 9.59 Å². The Morgan fingerprint density at radius 2 is 2.17 bits per heavy atom. The number of carboxylic acid groups (broad SMARTS) is 1. The van der Waals surface area contributed by atoms with Gasteiger partial charge in [-0.1, -0.05) is 11.6 Å². The largest absolute Gasteiger partial charge is 0.481 e. The summed E-state index contributed by atoms with van der Waals surface area (Å²) in [5.41, 5.74) is -0.361. The first kappa shape index (κ1) is 13.0. The Hall–Kier alpha value is -1.49. The van der Waals surface area contributed by atoms with E-state index in [-0.39, 0.29) is 12.5 Å². The monoisotopic (exact) mass is 270 g/mol. The Morgan fingerprint density at radius 3 is 2.61 bits per heavy atom. The molecule has 1 aromatic rings. The molecule has 0 spiro atoms. The number of rotatable bonds is 2. The summed E-state index contributed by atoms with van der Waals surface area (Å²) in [6.45, 7) is 2.37. The number of hydrogen-bond acceptors (Lipinski definition) is 2. The van der Waals surface area contributed by atoms with Gasteiger partial charge in [-0.05, 0) is 19.4 Å². The summed E-state index contributed by atoms with van der Waals surface area (Å²) in [5, 5.41) is 9.64. The molecule has 6 heteroatoms. The molecule has 0 aliphatic carbocycles. The van der Waals surface area contributed by atoms with Crippen LogP contribution in [-0.4, -0.2) is 39.5 Å². The Kier molecular flexibility index (Phi) is 3.11. The Labute approximate surface area is 110 Å². The lowest BCUT2D eigenvalue weighted by Crippen LogP contribution is -2.35. The zero-order valence-corrected chi connectivity index (χ0v) is 11.1. The second-order valence-electron chi connectivity index (χ2n) is 5.00. The maximum atomic E-state index is 12.2. The highest BCUT2D eigenvalue weighted by atomic mass is 35.5. The number of carboxylic acids is 1. The second-order valence-corrected chi connectivity index (χ2v) is 5.43. The summed E-state index contributed by atoms with van der Waals surface area (Å²) in [4.78, 5) is 24.9. The van der Waals surface area contributed by atoms with Gasteiger partial charge in [-0.25, -0.2) is 0 Å². The van der Waals surface area contributed by atoms with E-state index in [2.05, 4.69) is 0 Å². The van der Waals surface area contributed by atoms with Crippen molar-refractivity contribution < 1.29 is 14.7 Å². The van der Waals surface area contributed by atoms with Crippen molar-refractivity contribution in [2.45, 2.75) is 13.3 Å². The Bertz CT molecular complexity index is 511. The van der Waals surface area contributed by atoms with Crippen molar-refractivity contribution in [3.8, 4) is 0 Å². The third-order valence-electron chi connectivity index (χ3n) is 3.47. The van der Waals surface area contributed by atoms with Crippen molar-refractivity contribution >= 4 is 23.5 Å². The van der Waals surface area contributed by atoms with Gasteiger partial charge in [0.25, 0.3) is 5.91 Å². The number of likely N-dealkylation sites (tertiary alicyclic amines) is 1. The molecule has 5 nitrogen and oxygen atoms in total. The van der Waals surface area contributed by atoms with Crippen LogP contribution in [0.2, 0.25) is 5.02 Å². The molecule has 1 aliphatic rings. The zero-order chi connectivity index (χ0) is 13.5. The van der Waals surface area contributed by atoms with E-state index in [1.165, 1.54) is 0 Å². The van der Waals surface area contributed by atoms with Crippen LogP contribution in [0.3, 0.4) is 0 Å². The summed E-state index contributed by atoms with van der Waals surface area (Å²) in [6, 6.07) is 1.60. The number of halogens is 1. The molecule has 18 heavy (non-hydrogen) atoms. The van der Waals surface area contributed by atoms with Crippen molar-refractivity contribution in [1.29, 1.82) is 0 Å². The molecule has 98 valence electrons. The van der Waals surface area contributed by atoms with Crippen LogP contribution in [0.1, 0.15) is 23.8 Å². The fourth-order valence-electron chi connectivity index (χ4n) is 2.21. The fourth-order valence-corrected chi connectivity index (χ4v) is 2.46. The highest BCUT2D eigenvalue weighted by Crippen LogP contribution is 2.31. The second kappa shape index (κ2) is 4.31. The van der Waals surface area contributed by atoms with E-state index in [4.69, 9.17) is 16.7 Å². The smallest absolute Gasteiger partial charge is 0.311 e. The lowest BCUT2D eigenvalue weighted by molar-refractivity contribution is -0.147. The lowest BCUT2D eigenvalue weighted by atomic mass is 9.90. The van der Waals surface area contributed by atoms with Gasteiger partial charge in [-0.2, -0.15) is 0 Å². The van der Waals surface area contributed by atoms with Gasteiger partial charge in [-0.3, -0.25) is 9.59 Å². The van der Waals surface area contributed by atoms with Gasteiger partial charge in [0.15, 0.2) is 0 Å². The average Bonchev–Trinajstić information content (AvgIpc) is 2.82. The first-order chi connectivity index (χ1) is 8.33. The van der Waals surface area contributed by atoms with Crippen molar-refractivity contribution in [2.75, 3.05) is 13.1 Å². The quantitative estimate of drug-likeness (QED) is 0.888. The van der Waals surface area contributed by atoms with Crippen LogP contribution in [0.5, 0.6) is 0 Å². The van der Waals surface area contributed by atoms with Gasteiger partial charge in [0, 0.05) is 26.3 Å². The zero-order valence-electron chi connectivity index (χ0n) is 10.3. The average molecular weight is 271 g/mol. The molecule has 1 N–H and O–H groups in total. The number of carbonyl (C=O) groups is 2. The molecule has 0 aromatic carbocycles. The van der Waals surface area contributed by atoms with Crippen LogP contribution in [-0.2, 0) is 11.8 Å². The molecule has 1 aliphatic heterocycles. The number of carbonyl (C=O) groups excluding carboxylic acids is 1. The van der Waals surface area contributed by atoms with E-state index >= 15 is 0 Å². The molecule has 0 unspecified atom stereocenters. The topological polar surface area (TPSA) is 62.5 Å². The SMILES string of the molecule is Cn1cc(Cl)cc1C(=O)N1CC[C@](C)(C(=O)O)C1. The minimum Gasteiger partial charge on any atom is -0.481 e. The normalized spacial score (nSPS) is 23.4. The predicted octanol–water partition coefficient (Wildman–Crippen LogP) is 1.62. The summed E-state index contributed by atoms with van der Waals surface area (Å²) >= 11 is 5.84. The van der Waals surface area contributed by atoms with Crippen molar-refractivity contribution in [3.63, 3.8) is 0 Å². The molecule has 2 rings (SSSR count). The summed E-state index contributed by atoms with van der Waals surface area (Å²) < 4.78 is 1.65. The van der Waals surface area contributed by atoms with Crippen LogP contribution in [0, 0.1) is 5.41 Å². The van der Waals surface area contributed by atoms with Gasteiger partial charge in [0.2, 0.25) is 0 Å². The van der Waals surface area contributed by atoms with Gasteiger partial charge in [-0.15, -0.1) is 0 Å². The summed E-state index contributed by atoms with van der Waals surface area (Å²) in [6.07, 6.45) is 2.13. The molecule has 0 bridgehead atoms. The van der Waals surface area contributed by atoms with E-state index in [1.54, 1.807) is 35.7 Å². The summed E-state index contributed by atoms with van der Waals surface area (Å²) in [5.74, 6) is -1.03. The molecule has 0 radical (unpaired) electrons. The molecular weight excluding hydrogens is 256 g/mol. The van der Waals surface area contributed by atoms with Crippen LogP contribution in [0.15, 0.2) is 12.3 Å².